The second kappa shape index (κ2) is 4.07. The summed E-state index contributed by atoms with van der Waals surface area (Å²) in [6, 6.07) is 7.43. The van der Waals surface area contributed by atoms with Crippen LogP contribution < -0.4 is 9.47 Å². The average Bonchev–Trinajstić information content (AvgIpc) is 2.36. The zero-order valence-electron chi connectivity index (χ0n) is 9.02. The third-order valence-corrected chi connectivity index (χ3v) is 2.39. The largest absolute Gasteiger partial charge is 0.493 e. The third-order valence-electron chi connectivity index (χ3n) is 2.39. The van der Waals surface area contributed by atoms with Gasteiger partial charge >= 0.3 is 0 Å². The molecule has 0 fully saturated rings. The van der Waals surface area contributed by atoms with Gasteiger partial charge in [0.1, 0.15) is 11.8 Å². The number of methoxy groups -OCH3 is 2. The minimum absolute atomic E-state index is 0.387. The van der Waals surface area contributed by atoms with Gasteiger partial charge in [0.05, 0.1) is 14.2 Å². The Balaban J connectivity index is 2.85. The molecule has 16 heavy (non-hydrogen) atoms. The van der Waals surface area contributed by atoms with Gasteiger partial charge < -0.3 is 9.47 Å². The summed E-state index contributed by atoms with van der Waals surface area (Å²) in [5.41, 5.74) is 0.387. The number of nitrogens with zero attached hydrogens (tertiary/aromatic N) is 2. The highest BCUT2D eigenvalue weighted by Gasteiger charge is 2.11. The Morgan fingerprint density at radius 3 is 2.56 bits per heavy atom. The van der Waals surface area contributed by atoms with E-state index in [4.69, 9.17) is 14.7 Å². The Labute approximate surface area is 93.0 Å². The first kappa shape index (κ1) is 10.2. The fourth-order valence-corrected chi connectivity index (χ4v) is 1.67. The highest BCUT2D eigenvalue weighted by molar-refractivity contribution is 5.93. The molecule has 0 saturated carbocycles. The number of nitriles is 1. The van der Waals surface area contributed by atoms with Gasteiger partial charge in [-0.2, -0.15) is 5.26 Å². The molecule has 1 aromatic carbocycles. The van der Waals surface area contributed by atoms with Gasteiger partial charge in [0.15, 0.2) is 11.5 Å². The summed E-state index contributed by atoms with van der Waals surface area (Å²) >= 11 is 0. The number of pyridine rings is 1. The fraction of sp³-hybridized carbons (Fsp3) is 0.167. The van der Waals surface area contributed by atoms with Gasteiger partial charge in [0.25, 0.3) is 0 Å². The van der Waals surface area contributed by atoms with Gasteiger partial charge in [0, 0.05) is 17.0 Å². The molecule has 0 aliphatic heterocycles. The van der Waals surface area contributed by atoms with Gasteiger partial charge in [-0.25, -0.2) is 4.98 Å². The third kappa shape index (κ3) is 1.43. The second-order valence-corrected chi connectivity index (χ2v) is 3.17. The molecule has 4 nitrogen and oxygen atoms in total. The van der Waals surface area contributed by atoms with E-state index in [1.165, 1.54) is 0 Å². The van der Waals surface area contributed by atoms with Crippen LogP contribution in [-0.4, -0.2) is 19.2 Å². The van der Waals surface area contributed by atoms with Crippen LogP contribution in [-0.2, 0) is 0 Å². The van der Waals surface area contributed by atoms with E-state index in [0.717, 1.165) is 10.8 Å². The molecule has 0 aliphatic rings. The van der Waals surface area contributed by atoms with Crippen LogP contribution in [0.3, 0.4) is 0 Å². The van der Waals surface area contributed by atoms with Crippen molar-refractivity contribution in [1.82, 2.24) is 4.98 Å². The molecule has 1 heterocycles. The molecule has 80 valence electrons. The molecule has 0 atom stereocenters. The van der Waals surface area contributed by atoms with E-state index in [-0.39, 0.29) is 0 Å². The second-order valence-electron chi connectivity index (χ2n) is 3.17. The lowest BCUT2D eigenvalue weighted by Gasteiger charge is -2.10. The van der Waals surface area contributed by atoms with E-state index in [1.807, 2.05) is 6.07 Å². The van der Waals surface area contributed by atoms with Crippen LogP contribution in [0.4, 0.5) is 0 Å². The molecule has 0 unspecified atom stereocenters. The average molecular weight is 214 g/mol. The first-order chi connectivity index (χ1) is 7.81. The van der Waals surface area contributed by atoms with Crippen molar-refractivity contribution in [2.45, 2.75) is 0 Å². The first-order valence-electron chi connectivity index (χ1n) is 4.71. The van der Waals surface area contributed by atoms with Crippen molar-refractivity contribution >= 4 is 10.8 Å². The molecule has 0 amide bonds. The van der Waals surface area contributed by atoms with Crippen LogP contribution in [0, 0.1) is 11.3 Å². The lowest BCUT2D eigenvalue weighted by molar-refractivity contribution is 0.358. The maximum absolute atomic E-state index is 8.94. The van der Waals surface area contributed by atoms with Crippen molar-refractivity contribution in [2.75, 3.05) is 14.2 Å². The van der Waals surface area contributed by atoms with Crippen LogP contribution in [0.1, 0.15) is 5.69 Å². The van der Waals surface area contributed by atoms with Crippen LogP contribution >= 0.6 is 0 Å². The van der Waals surface area contributed by atoms with E-state index in [1.54, 1.807) is 32.5 Å². The van der Waals surface area contributed by atoms with Crippen LogP contribution in [0.5, 0.6) is 11.5 Å². The Kier molecular flexibility index (Phi) is 2.61. The Hall–Kier alpha value is -2.28. The lowest BCUT2D eigenvalue weighted by atomic mass is 10.1. The van der Waals surface area contributed by atoms with Crippen molar-refractivity contribution in [2.24, 2.45) is 0 Å². The SMILES string of the molecule is COc1ccc2c(C#N)nccc2c1OC. The zero-order valence-corrected chi connectivity index (χ0v) is 9.02. The lowest BCUT2D eigenvalue weighted by Crippen LogP contribution is -1.93. The van der Waals surface area contributed by atoms with Crippen LogP contribution in [0.25, 0.3) is 10.8 Å². The van der Waals surface area contributed by atoms with Gasteiger partial charge in [-0.05, 0) is 18.2 Å². The molecule has 0 spiro atoms. The van der Waals surface area contributed by atoms with E-state index in [2.05, 4.69) is 11.1 Å². The minimum Gasteiger partial charge on any atom is -0.493 e. The van der Waals surface area contributed by atoms with Crippen LogP contribution in [0.15, 0.2) is 24.4 Å². The highest BCUT2D eigenvalue weighted by Crippen LogP contribution is 2.35. The standard InChI is InChI=1S/C12H10N2O2/c1-15-11-4-3-8-9(12(11)16-2)5-6-14-10(8)7-13/h3-6H,1-2H3. The molecule has 0 bridgehead atoms. The van der Waals surface area contributed by atoms with E-state index in [9.17, 15) is 0 Å². The van der Waals surface area contributed by atoms with Crippen molar-refractivity contribution in [1.29, 1.82) is 5.26 Å². The molecule has 4 heteroatoms. The quantitative estimate of drug-likeness (QED) is 0.768. The highest BCUT2D eigenvalue weighted by atomic mass is 16.5. The zero-order chi connectivity index (χ0) is 11.5. The number of fused-ring (bicyclic) bond motifs is 1. The smallest absolute Gasteiger partial charge is 0.168 e. The first-order valence-corrected chi connectivity index (χ1v) is 4.71. The molecule has 1 aromatic heterocycles. The van der Waals surface area contributed by atoms with Gasteiger partial charge in [-0.15, -0.1) is 0 Å². The summed E-state index contributed by atoms with van der Waals surface area (Å²) in [5.74, 6) is 1.27. The molecule has 0 radical (unpaired) electrons. The molecule has 0 saturated heterocycles. The number of hydrogen-bond donors (Lipinski definition) is 0. The van der Waals surface area contributed by atoms with Crippen molar-refractivity contribution < 1.29 is 9.47 Å². The predicted molar refractivity (Wildman–Crippen MR) is 59.6 cm³/mol. The summed E-state index contributed by atoms with van der Waals surface area (Å²) in [5, 5.41) is 10.5. The Morgan fingerprint density at radius 2 is 1.94 bits per heavy atom. The predicted octanol–water partition coefficient (Wildman–Crippen LogP) is 2.12. The Bertz CT molecular complexity index is 573. The number of ether oxygens (including phenoxy) is 2. The number of benzene rings is 1. The molecule has 2 rings (SSSR count). The number of rotatable bonds is 2. The summed E-state index contributed by atoms with van der Waals surface area (Å²) < 4.78 is 10.5. The summed E-state index contributed by atoms with van der Waals surface area (Å²) in [4.78, 5) is 4.00. The van der Waals surface area contributed by atoms with E-state index >= 15 is 0 Å². The van der Waals surface area contributed by atoms with Crippen molar-refractivity contribution in [3.63, 3.8) is 0 Å². The molecule has 0 N–H and O–H groups in total. The summed E-state index contributed by atoms with van der Waals surface area (Å²) in [6.07, 6.45) is 1.59. The molecule has 0 aliphatic carbocycles. The monoisotopic (exact) mass is 214 g/mol. The van der Waals surface area contributed by atoms with Crippen LogP contribution in [0.2, 0.25) is 0 Å². The van der Waals surface area contributed by atoms with Crippen molar-refractivity contribution in [3.8, 4) is 17.6 Å². The fourth-order valence-electron chi connectivity index (χ4n) is 1.67. The molecule has 2 aromatic rings. The van der Waals surface area contributed by atoms with E-state index < -0.39 is 0 Å². The topological polar surface area (TPSA) is 55.1 Å². The van der Waals surface area contributed by atoms with Gasteiger partial charge in [-0.3, -0.25) is 0 Å². The summed E-state index contributed by atoms with van der Waals surface area (Å²) in [6.45, 7) is 0. The maximum Gasteiger partial charge on any atom is 0.168 e. The number of aromatic nitrogens is 1. The van der Waals surface area contributed by atoms with E-state index in [0.29, 0.717) is 17.2 Å². The summed E-state index contributed by atoms with van der Waals surface area (Å²) in [7, 11) is 3.15. The molecular weight excluding hydrogens is 204 g/mol. The molecular formula is C12H10N2O2. The van der Waals surface area contributed by atoms with Gasteiger partial charge in [0.2, 0.25) is 0 Å². The number of hydrogen-bond acceptors (Lipinski definition) is 4. The minimum atomic E-state index is 0.387. The van der Waals surface area contributed by atoms with Gasteiger partial charge in [-0.1, -0.05) is 0 Å². The Morgan fingerprint density at radius 1 is 1.12 bits per heavy atom. The van der Waals surface area contributed by atoms with Crippen molar-refractivity contribution in [3.05, 3.63) is 30.1 Å². The normalized spacial score (nSPS) is 9.81. The maximum atomic E-state index is 8.94.